The smallest absolute Gasteiger partial charge is 0.145 e. The lowest BCUT2D eigenvalue weighted by Gasteiger charge is -2.08. The molecular weight excluding hydrogens is 404 g/mol. The predicted molar refractivity (Wildman–Crippen MR) is 112 cm³/mol. The molecule has 0 saturated heterocycles. The van der Waals surface area contributed by atoms with Crippen LogP contribution in [0.1, 0.15) is 11.1 Å². The summed E-state index contributed by atoms with van der Waals surface area (Å²) in [4.78, 5) is 13.1. The fraction of sp³-hybridized carbons (Fsp3) is 0.150. The van der Waals surface area contributed by atoms with Gasteiger partial charge in [0.2, 0.25) is 0 Å². The summed E-state index contributed by atoms with van der Waals surface area (Å²) < 4.78 is 3.07. The Kier molecular flexibility index (Phi) is 5.02. The summed E-state index contributed by atoms with van der Waals surface area (Å²) >= 11 is 3.46. The molecule has 0 atom stereocenters. The van der Waals surface area contributed by atoms with E-state index in [1.54, 1.807) is 12.5 Å². The molecule has 0 spiro atoms. The number of nitrogens with two attached hydrogens (primary N) is 1. The predicted octanol–water partition coefficient (Wildman–Crippen LogP) is 3.87. The number of nitrogen functional groups attached to an aromatic ring is 1. The van der Waals surface area contributed by atoms with Crippen molar-refractivity contribution in [2.24, 2.45) is 0 Å². The molecule has 0 saturated carbocycles. The van der Waals surface area contributed by atoms with Gasteiger partial charge in [-0.05, 0) is 57.7 Å². The van der Waals surface area contributed by atoms with Crippen LogP contribution in [0.4, 0.5) is 11.5 Å². The zero-order valence-electron chi connectivity index (χ0n) is 14.6. The molecule has 0 radical (unpaired) electrons. The Bertz CT molecular complexity index is 1060. The van der Waals surface area contributed by atoms with Crippen molar-refractivity contribution in [1.82, 2.24) is 19.5 Å². The third kappa shape index (κ3) is 4.09. The zero-order chi connectivity index (χ0) is 18.6. The Morgan fingerprint density at radius 1 is 1.04 bits per heavy atom. The van der Waals surface area contributed by atoms with Gasteiger partial charge in [0.25, 0.3) is 0 Å². The van der Waals surface area contributed by atoms with Crippen molar-refractivity contribution in [2.75, 3.05) is 17.6 Å². The molecule has 0 aliphatic rings. The number of benzene rings is 1. The second kappa shape index (κ2) is 7.75. The quantitative estimate of drug-likeness (QED) is 0.460. The van der Waals surface area contributed by atoms with Crippen molar-refractivity contribution in [3.05, 3.63) is 76.9 Å². The molecule has 0 aliphatic carbocycles. The number of hydrogen-bond donors (Lipinski definition) is 2. The van der Waals surface area contributed by atoms with E-state index in [0.29, 0.717) is 6.54 Å². The van der Waals surface area contributed by atoms with Crippen molar-refractivity contribution in [3.63, 3.8) is 0 Å². The summed E-state index contributed by atoms with van der Waals surface area (Å²) in [6.45, 7) is 1.49. The van der Waals surface area contributed by atoms with Crippen molar-refractivity contribution in [1.29, 1.82) is 0 Å². The fourth-order valence-corrected chi connectivity index (χ4v) is 3.43. The highest BCUT2D eigenvalue weighted by atomic mass is 79.9. The second-order valence-corrected chi connectivity index (χ2v) is 7.25. The summed E-state index contributed by atoms with van der Waals surface area (Å²) in [6.07, 6.45) is 8.18. The molecule has 0 unspecified atom stereocenters. The third-order valence-electron chi connectivity index (χ3n) is 4.36. The highest BCUT2D eigenvalue weighted by Gasteiger charge is 2.09. The van der Waals surface area contributed by atoms with Gasteiger partial charge < -0.3 is 15.6 Å². The van der Waals surface area contributed by atoms with Crippen molar-refractivity contribution >= 4 is 38.5 Å². The van der Waals surface area contributed by atoms with Crippen LogP contribution in [0, 0.1) is 0 Å². The Balaban J connectivity index is 1.49. The highest BCUT2D eigenvalue weighted by molar-refractivity contribution is 9.10. The summed E-state index contributed by atoms with van der Waals surface area (Å²) in [6, 6.07) is 12.1. The van der Waals surface area contributed by atoms with E-state index in [-0.39, 0.29) is 0 Å². The molecule has 0 fully saturated rings. The van der Waals surface area contributed by atoms with Crippen molar-refractivity contribution < 1.29 is 0 Å². The molecule has 3 heterocycles. The van der Waals surface area contributed by atoms with E-state index < -0.39 is 0 Å². The fourth-order valence-electron chi connectivity index (χ4n) is 3.02. The van der Waals surface area contributed by atoms with Crippen molar-refractivity contribution in [3.8, 4) is 0 Å². The number of hydrogen-bond acceptors (Lipinski definition) is 5. The molecule has 6 nitrogen and oxygen atoms in total. The van der Waals surface area contributed by atoms with Crippen molar-refractivity contribution in [2.45, 2.75) is 13.0 Å². The number of anilines is 2. The molecular formula is C20H19BrN6. The molecule has 136 valence electrons. The number of nitrogens with one attached hydrogen (secondary N) is 1. The van der Waals surface area contributed by atoms with E-state index in [4.69, 9.17) is 5.73 Å². The van der Waals surface area contributed by atoms with Crippen LogP contribution in [-0.2, 0) is 13.0 Å². The number of rotatable bonds is 6. The Labute approximate surface area is 165 Å². The van der Waals surface area contributed by atoms with Crippen LogP contribution < -0.4 is 11.1 Å². The van der Waals surface area contributed by atoms with Crippen LogP contribution in [0.25, 0.3) is 11.0 Å². The van der Waals surface area contributed by atoms with Gasteiger partial charge in [0.05, 0.1) is 11.9 Å². The number of pyridine rings is 1. The monoisotopic (exact) mass is 422 g/mol. The first-order chi connectivity index (χ1) is 13.2. The average Bonchev–Trinajstić information content (AvgIpc) is 3.07. The lowest BCUT2D eigenvalue weighted by Crippen LogP contribution is -2.07. The van der Waals surface area contributed by atoms with Gasteiger partial charge in [-0.3, -0.25) is 4.98 Å². The average molecular weight is 423 g/mol. The number of nitrogens with zero attached hydrogens (tertiary/aromatic N) is 4. The molecule has 0 bridgehead atoms. The van der Waals surface area contributed by atoms with E-state index in [9.17, 15) is 0 Å². The molecule has 7 heteroatoms. The normalized spacial score (nSPS) is 11.0. The summed E-state index contributed by atoms with van der Waals surface area (Å²) in [5.41, 5.74) is 9.77. The number of fused-ring (bicyclic) bond motifs is 1. The lowest BCUT2D eigenvalue weighted by atomic mass is 10.1. The van der Waals surface area contributed by atoms with Gasteiger partial charge in [-0.15, -0.1) is 0 Å². The Hall–Kier alpha value is -2.93. The van der Waals surface area contributed by atoms with Crippen LogP contribution in [0.2, 0.25) is 0 Å². The minimum Gasteiger partial charge on any atom is -0.399 e. The molecule has 3 N–H and O–H groups in total. The van der Waals surface area contributed by atoms with E-state index in [1.807, 2.05) is 30.6 Å². The molecule has 1 aromatic carbocycles. The van der Waals surface area contributed by atoms with Crippen LogP contribution in [0.3, 0.4) is 0 Å². The van der Waals surface area contributed by atoms with Crippen LogP contribution >= 0.6 is 15.9 Å². The van der Waals surface area contributed by atoms with Gasteiger partial charge in [-0.1, -0.05) is 12.1 Å². The lowest BCUT2D eigenvalue weighted by molar-refractivity contribution is 0.818. The zero-order valence-corrected chi connectivity index (χ0v) is 16.2. The number of halogens is 1. The van der Waals surface area contributed by atoms with E-state index in [0.717, 1.165) is 45.5 Å². The SMILES string of the molecule is Nc1ccc(CCNc2ncnc3c2ccn3Cc2cncc(Br)c2)cc1. The van der Waals surface area contributed by atoms with E-state index >= 15 is 0 Å². The second-order valence-electron chi connectivity index (χ2n) is 6.33. The van der Waals surface area contributed by atoms with Gasteiger partial charge >= 0.3 is 0 Å². The maximum Gasteiger partial charge on any atom is 0.145 e. The molecule has 0 amide bonds. The number of aromatic nitrogens is 4. The van der Waals surface area contributed by atoms with Gasteiger partial charge in [0.15, 0.2) is 0 Å². The first-order valence-corrected chi connectivity index (χ1v) is 9.46. The topological polar surface area (TPSA) is 81.6 Å². The van der Waals surface area contributed by atoms with Gasteiger partial charge in [-0.2, -0.15) is 0 Å². The first-order valence-electron chi connectivity index (χ1n) is 8.66. The third-order valence-corrected chi connectivity index (χ3v) is 4.79. The summed E-state index contributed by atoms with van der Waals surface area (Å²) in [5.74, 6) is 0.849. The first kappa shape index (κ1) is 17.5. The summed E-state index contributed by atoms with van der Waals surface area (Å²) in [7, 11) is 0. The molecule has 4 aromatic rings. The van der Waals surface area contributed by atoms with E-state index in [2.05, 4.69) is 59.0 Å². The van der Waals surface area contributed by atoms with Gasteiger partial charge in [0, 0.05) is 35.3 Å². The van der Waals surface area contributed by atoms with E-state index in [1.165, 1.54) is 5.56 Å². The van der Waals surface area contributed by atoms with Gasteiger partial charge in [0.1, 0.15) is 17.8 Å². The maximum absolute atomic E-state index is 5.73. The van der Waals surface area contributed by atoms with Gasteiger partial charge in [-0.25, -0.2) is 9.97 Å². The largest absolute Gasteiger partial charge is 0.399 e. The minimum absolute atomic E-state index is 0.706. The maximum atomic E-state index is 5.73. The minimum atomic E-state index is 0.706. The molecule has 0 aliphatic heterocycles. The van der Waals surface area contributed by atoms with Crippen LogP contribution in [-0.4, -0.2) is 26.1 Å². The highest BCUT2D eigenvalue weighted by Crippen LogP contribution is 2.22. The standard InChI is InChI=1S/C20H19BrN6/c21-16-9-15(10-23-11-16)12-27-8-6-18-19(25-13-26-20(18)27)24-7-5-14-1-3-17(22)4-2-14/h1-4,6,8-11,13H,5,7,12,22H2,(H,24,25,26). The van der Waals surface area contributed by atoms with Crippen LogP contribution in [0.15, 0.2) is 65.8 Å². The Morgan fingerprint density at radius 3 is 2.70 bits per heavy atom. The molecule has 3 aromatic heterocycles. The Morgan fingerprint density at radius 2 is 1.89 bits per heavy atom. The molecule has 27 heavy (non-hydrogen) atoms. The summed E-state index contributed by atoms with van der Waals surface area (Å²) in [5, 5.41) is 4.43. The molecule has 4 rings (SSSR count). The van der Waals surface area contributed by atoms with Crippen LogP contribution in [0.5, 0.6) is 0 Å².